The van der Waals surface area contributed by atoms with Crippen molar-refractivity contribution in [2.24, 2.45) is 5.92 Å². The van der Waals surface area contributed by atoms with Crippen LogP contribution in [0.15, 0.2) is 24.5 Å². The molecular formula is C20H21N5OS. The van der Waals surface area contributed by atoms with Gasteiger partial charge in [0.05, 0.1) is 11.9 Å². The van der Waals surface area contributed by atoms with Gasteiger partial charge in [-0.25, -0.2) is 9.97 Å². The Morgan fingerprint density at radius 2 is 2.19 bits per heavy atom. The first-order chi connectivity index (χ1) is 13.3. The lowest BCUT2D eigenvalue weighted by Gasteiger charge is -2.10. The summed E-state index contributed by atoms with van der Waals surface area (Å²) >= 11 is 1.75. The van der Waals surface area contributed by atoms with Crippen LogP contribution < -0.4 is 10.6 Å². The minimum Gasteiger partial charge on any atom is -0.360 e. The van der Waals surface area contributed by atoms with Crippen molar-refractivity contribution >= 4 is 33.3 Å². The van der Waals surface area contributed by atoms with Crippen LogP contribution in [0.2, 0.25) is 0 Å². The number of nitrogens with zero attached hydrogens (tertiary/aromatic N) is 3. The van der Waals surface area contributed by atoms with Crippen LogP contribution >= 0.6 is 11.3 Å². The number of hydrogen-bond donors (Lipinski definition) is 2. The van der Waals surface area contributed by atoms with Crippen LogP contribution in [-0.4, -0.2) is 33.9 Å². The highest BCUT2D eigenvalue weighted by atomic mass is 32.1. The van der Waals surface area contributed by atoms with Gasteiger partial charge in [0.15, 0.2) is 5.82 Å². The van der Waals surface area contributed by atoms with Gasteiger partial charge >= 0.3 is 0 Å². The zero-order valence-electron chi connectivity index (χ0n) is 15.0. The zero-order chi connectivity index (χ0) is 18.2. The Hall–Kier alpha value is -2.54. The quantitative estimate of drug-likeness (QED) is 0.688. The Morgan fingerprint density at radius 3 is 3.00 bits per heavy atom. The monoisotopic (exact) mass is 379 g/mol. The van der Waals surface area contributed by atoms with Gasteiger partial charge in [0, 0.05) is 29.4 Å². The van der Waals surface area contributed by atoms with Crippen molar-refractivity contribution in [3.05, 3.63) is 35.0 Å². The van der Waals surface area contributed by atoms with Gasteiger partial charge in [-0.2, -0.15) is 0 Å². The molecule has 0 bridgehead atoms. The van der Waals surface area contributed by atoms with Crippen molar-refractivity contribution in [2.75, 3.05) is 18.4 Å². The summed E-state index contributed by atoms with van der Waals surface area (Å²) in [6.45, 7) is 1.02. The van der Waals surface area contributed by atoms with E-state index in [9.17, 15) is 4.79 Å². The molecule has 2 aliphatic rings. The Balaban J connectivity index is 1.47. The Morgan fingerprint density at radius 1 is 1.26 bits per heavy atom. The maximum absolute atomic E-state index is 12.2. The minimum absolute atomic E-state index is 0.0171. The molecule has 0 aromatic carbocycles. The lowest BCUT2D eigenvalue weighted by Crippen LogP contribution is -2.31. The van der Waals surface area contributed by atoms with E-state index in [-0.39, 0.29) is 12.5 Å². The minimum atomic E-state index is 0.0171. The van der Waals surface area contributed by atoms with E-state index in [0.717, 1.165) is 41.0 Å². The highest BCUT2D eigenvalue weighted by Gasteiger charge is 2.24. The number of anilines is 1. The van der Waals surface area contributed by atoms with E-state index in [1.54, 1.807) is 23.7 Å². The standard InChI is InChI=1S/C20H21N5OS/c26-16(22-9-12-6-7-12)11-23-19-17-14-4-1-5-15(14)27-20(17)25-18(24-19)13-3-2-8-21-10-13/h2-3,8,10,12H,1,4-7,9,11H2,(H,22,26)(H,23,24,25). The van der Waals surface area contributed by atoms with E-state index in [1.165, 1.54) is 29.7 Å². The van der Waals surface area contributed by atoms with Crippen molar-refractivity contribution < 1.29 is 4.79 Å². The number of aromatic nitrogens is 3. The van der Waals surface area contributed by atoms with Gasteiger partial charge in [-0.05, 0) is 55.7 Å². The average molecular weight is 379 g/mol. The molecule has 7 heteroatoms. The highest BCUT2D eigenvalue weighted by molar-refractivity contribution is 7.19. The lowest BCUT2D eigenvalue weighted by atomic mass is 10.2. The number of carbonyl (C=O) groups excluding carboxylic acids is 1. The zero-order valence-corrected chi connectivity index (χ0v) is 15.8. The number of pyridine rings is 1. The molecule has 5 rings (SSSR count). The van der Waals surface area contributed by atoms with E-state index in [2.05, 4.69) is 15.6 Å². The van der Waals surface area contributed by atoms with Gasteiger partial charge in [0.2, 0.25) is 5.91 Å². The van der Waals surface area contributed by atoms with Gasteiger partial charge in [-0.15, -0.1) is 11.3 Å². The first-order valence-corrected chi connectivity index (χ1v) is 10.3. The van der Waals surface area contributed by atoms with Crippen LogP contribution in [0.5, 0.6) is 0 Å². The summed E-state index contributed by atoms with van der Waals surface area (Å²) in [6, 6.07) is 3.84. The molecular weight excluding hydrogens is 358 g/mol. The number of amides is 1. The topological polar surface area (TPSA) is 79.8 Å². The number of aryl methyl sites for hydroxylation is 2. The maximum atomic E-state index is 12.2. The number of thiophene rings is 1. The van der Waals surface area contributed by atoms with Gasteiger partial charge in [0.25, 0.3) is 0 Å². The average Bonchev–Trinajstić information content (AvgIpc) is 3.31. The predicted molar refractivity (Wildman–Crippen MR) is 107 cm³/mol. The van der Waals surface area contributed by atoms with Crippen molar-refractivity contribution in [3.8, 4) is 11.4 Å². The molecule has 3 aromatic rings. The van der Waals surface area contributed by atoms with E-state index in [1.807, 2.05) is 12.1 Å². The lowest BCUT2D eigenvalue weighted by molar-refractivity contribution is -0.119. The largest absolute Gasteiger partial charge is 0.360 e. The smallest absolute Gasteiger partial charge is 0.239 e. The van der Waals surface area contributed by atoms with E-state index in [4.69, 9.17) is 9.97 Å². The summed E-state index contributed by atoms with van der Waals surface area (Å²) in [5.41, 5.74) is 2.24. The van der Waals surface area contributed by atoms with E-state index >= 15 is 0 Å². The molecule has 1 fully saturated rings. The molecule has 0 radical (unpaired) electrons. The molecule has 2 aliphatic carbocycles. The van der Waals surface area contributed by atoms with Crippen molar-refractivity contribution in [2.45, 2.75) is 32.1 Å². The molecule has 2 N–H and O–H groups in total. The third-order valence-electron chi connectivity index (χ3n) is 5.19. The highest BCUT2D eigenvalue weighted by Crippen LogP contribution is 2.40. The summed E-state index contributed by atoms with van der Waals surface area (Å²) in [5, 5.41) is 7.38. The summed E-state index contributed by atoms with van der Waals surface area (Å²) < 4.78 is 0. The molecule has 3 aromatic heterocycles. The third kappa shape index (κ3) is 3.39. The van der Waals surface area contributed by atoms with Crippen LogP contribution in [0.4, 0.5) is 5.82 Å². The fraction of sp³-hybridized carbons (Fsp3) is 0.400. The molecule has 27 heavy (non-hydrogen) atoms. The van der Waals surface area contributed by atoms with E-state index in [0.29, 0.717) is 11.7 Å². The summed E-state index contributed by atoms with van der Waals surface area (Å²) in [6.07, 6.45) is 9.33. The van der Waals surface area contributed by atoms with Crippen LogP contribution in [0.3, 0.4) is 0 Å². The molecule has 138 valence electrons. The van der Waals surface area contributed by atoms with Crippen LogP contribution in [0, 0.1) is 5.92 Å². The van der Waals surface area contributed by atoms with Crippen molar-refractivity contribution in [1.82, 2.24) is 20.3 Å². The van der Waals surface area contributed by atoms with Crippen LogP contribution in [0.1, 0.15) is 29.7 Å². The van der Waals surface area contributed by atoms with Crippen molar-refractivity contribution in [3.63, 3.8) is 0 Å². The van der Waals surface area contributed by atoms with Gasteiger partial charge in [0.1, 0.15) is 10.6 Å². The third-order valence-corrected chi connectivity index (χ3v) is 6.37. The number of rotatable bonds is 6. The normalized spacial score (nSPS) is 15.7. The maximum Gasteiger partial charge on any atom is 0.239 e. The summed E-state index contributed by atoms with van der Waals surface area (Å²) in [4.78, 5) is 28.3. The number of nitrogens with one attached hydrogen (secondary N) is 2. The SMILES string of the molecule is O=C(CNc1nc(-c2cccnc2)nc2sc3c(c12)CCC3)NCC1CC1. The number of hydrogen-bond acceptors (Lipinski definition) is 6. The number of carbonyl (C=O) groups is 1. The van der Waals surface area contributed by atoms with Gasteiger partial charge in [-0.3, -0.25) is 9.78 Å². The Kier molecular flexibility index (Phi) is 4.24. The van der Waals surface area contributed by atoms with Gasteiger partial charge in [-0.1, -0.05) is 0 Å². The first kappa shape index (κ1) is 16.6. The molecule has 3 heterocycles. The van der Waals surface area contributed by atoms with Crippen LogP contribution in [-0.2, 0) is 17.6 Å². The van der Waals surface area contributed by atoms with Crippen molar-refractivity contribution in [1.29, 1.82) is 0 Å². The second kappa shape index (κ2) is 6.88. The second-order valence-corrected chi connectivity index (χ2v) is 8.36. The second-order valence-electron chi connectivity index (χ2n) is 7.28. The Bertz CT molecular complexity index is 997. The first-order valence-electron chi connectivity index (χ1n) is 9.51. The molecule has 6 nitrogen and oxygen atoms in total. The molecule has 1 amide bonds. The predicted octanol–water partition coefficient (Wildman–Crippen LogP) is 3.18. The van der Waals surface area contributed by atoms with E-state index < -0.39 is 0 Å². The number of fused-ring (bicyclic) bond motifs is 3. The van der Waals surface area contributed by atoms with Crippen LogP contribution in [0.25, 0.3) is 21.6 Å². The molecule has 0 atom stereocenters. The molecule has 1 saturated carbocycles. The van der Waals surface area contributed by atoms with Gasteiger partial charge < -0.3 is 10.6 Å². The summed E-state index contributed by atoms with van der Waals surface area (Å²) in [5.74, 6) is 2.11. The Labute approximate surface area is 161 Å². The molecule has 0 saturated heterocycles. The molecule has 0 aliphatic heterocycles. The fourth-order valence-electron chi connectivity index (χ4n) is 3.55. The molecule has 0 spiro atoms. The summed E-state index contributed by atoms with van der Waals surface area (Å²) in [7, 11) is 0. The molecule has 0 unspecified atom stereocenters. The fourth-order valence-corrected chi connectivity index (χ4v) is 4.82.